The van der Waals surface area contributed by atoms with Crippen LogP contribution in [0, 0.1) is 0 Å². The third-order valence-electron chi connectivity index (χ3n) is 3.14. The van der Waals surface area contributed by atoms with Crippen LogP contribution >= 0.6 is 7.60 Å². The number of ether oxygens (including phenoxy) is 2. The molecule has 23 heavy (non-hydrogen) atoms. The largest absolute Gasteiger partial charge is 0.515 e. The molecule has 0 spiro atoms. The fourth-order valence-electron chi connectivity index (χ4n) is 1.94. The zero-order chi connectivity index (χ0) is 17.9. The highest BCUT2D eigenvalue weighted by molar-refractivity contribution is 7.54. The molecule has 8 heteroatoms. The van der Waals surface area contributed by atoms with Crippen LogP contribution in [0.15, 0.2) is 0 Å². The molecular formula is C15H29O7P. The van der Waals surface area contributed by atoms with Crippen molar-refractivity contribution < 1.29 is 32.7 Å². The van der Waals surface area contributed by atoms with E-state index in [0.29, 0.717) is 25.7 Å². The van der Waals surface area contributed by atoms with Crippen molar-refractivity contribution in [3.8, 4) is 0 Å². The minimum Gasteiger partial charge on any atom is -0.431 e. The molecule has 0 saturated carbocycles. The van der Waals surface area contributed by atoms with Gasteiger partial charge >= 0.3 is 19.9 Å². The third kappa shape index (κ3) is 10.2. The highest BCUT2D eigenvalue weighted by Gasteiger charge is 2.30. The van der Waals surface area contributed by atoms with E-state index < -0.39 is 19.9 Å². The molecule has 0 bridgehead atoms. The van der Waals surface area contributed by atoms with Gasteiger partial charge in [-0.2, -0.15) is 0 Å². The Labute approximate surface area is 138 Å². The Balaban J connectivity index is 4.43. The maximum atomic E-state index is 12.0. The predicted octanol–water partition coefficient (Wildman–Crippen LogP) is 5.27. The smallest absolute Gasteiger partial charge is 0.431 e. The summed E-state index contributed by atoms with van der Waals surface area (Å²) in [5.74, 6) is 0. The zero-order valence-corrected chi connectivity index (χ0v) is 15.6. The number of rotatable bonds is 10. The van der Waals surface area contributed by atoms with Crippen LogP contribution < -0.4 is 0 Å². The molecule has 136 valence electrons. The van der Waals surface area contributed by atoms with Crippen LogP contribution in [0.1, 0.15) is 66.2 Å². The van der Waals surface area contributed by atoms with Crippen molar-refractivity contribution in [3.63, 3.8) is 0 Å². The summed E-state index contributed by atoms with van der Waals surface area (Å²) in [4.78, 5) is 23.2. The summed E-state index contributed by atoms with van der Waals surface area (Å²) in [5.41, 5.74) is 0. The van der Waals surface area contributed by atoms with Crippen LogP contribution in [0.3, 0.4) is 0 Å². The summed E-state index contributed by atoms with van der Waals surface area (Å²) in [7, 11) is -3.93. The fraction of sp³-hybridized carbons (Fsp3) is 0.867. The lowest BCUT2D eigenvalue weighted by Gasteiger charge is -2.19. The van der Waals surface area contributed by atoms with E-state index in [1.165, 1.54) is 0 Å². The molecule has 0 heterocycles. The number of carbonyl (C=O) groups is 2. The molecular weight excluding hydrogens is 323 g/mol. The van der Waals surface area contributed by atoms with E-state index >= 15 is 0 Å². The van der Waals surface area contributed by atoms with Crippen LogP contribution in [-0.2, 0) is 23.1 Å². The first-order valence-electron chi connectivity index (χ1n) is 8.15. The van der Waals surface area contributed by atoms with Gasteiger partial charge in [-0.3, -0.25) is 0 Å². The average molecular weight is 352 g/mol. The van der Waals surface area contributed by atoms with Gasteiger partial charge in [-0.25, -0.2) is 14.2 Å². The molecule has 0 aliphatic carbocycles. The minimum absolute atomic E-state index is 0.312. The summed E-state index contributed by atoms with van der Waals surface area (Å²) >= 11 is 0. The molecule has 0 aliphatic rings. The monoisotopic (exact) mass is 352 g/mol. The molecule has 0 amide bonds. The number of hydrogen-bond donors (Lipinski definition) is 0. The van der Waals surface area contributed by atoms with Crippen LogP contribution in [-0.4, -0.2) is 31.2 Å². The van der Waals surface area contributed by atoms with Crippen LogP contribution in [0.2, 0.25) is 0 Å². The van der Waals surface area contributed by atoms with Gasteiger partial charge in [-0.1, -0.05) is 40.5 Å². The Hall–Kier alpha value is -1.23. The standard InChI is InChI=1S/C15H29O7P/c1-6-10-12(8-3)19-14(16)21-23(5,18)22-15(17)20-13(9-4)11-7-2/h12-13H,6-11H2,1-5H3. The summed E-state index contributed by atoms with van der Waals surface area (Å²) in [5, 5.41) is 0. The molecule has 0 radical (unpaired) electrons. The highest BCUT2D eigenvalue weighted by Crippen LogP contribution is 2.45. The van der Waals surface area contributed by atoms with Gasteiger partial charge in [-0.15, -0.1) is 0 Å². The van der Waals surface area contributed by atoms with E-state index in [1.54, 1.807) is 0 Å². The fourth-order valence-corrected chi connectivity index (χ4v) is 2.61. The van der Waals surface area contributed by atoms with Gasteiger partial charge in [-0.05, 0) is 25.7 Å². The van der Waals surface area contributed by atoms with Crippen molar-refractivity contribution >= 4 is 19.9 Å². The lowest BCUT2D eigenvalue weighted by atomic mass is 10.2. The van der Waals surface area contributed by atoms with E-state index in [1.807, 2.05) is 27.7 Å². The molecule has 0 aromatic heterocycles. The lowest BCUT2D eigenvalue weighted by molar-refractivity contribution is 0.0367. The Bertz CT molecular complexity index is 377. The SMILES string of the molecule is CCCC(CC)OC(=O)OP(C)(=O)OC(=O)OC(CC)CCC. The van der Waals surface area contributed by atoms with Crippen molar-refractivity contribution in [2.45, 2.75) is 78.4 Å². The van der Waals surface area contributed by atoms with E-state index in [4.69, 9.17) is 9.47 Å². The Morgan fingerprint density at radius 1 is 0.826 bits per heavy atom. The van der Waals surface area contributed by atoms with Crippen molar-refractivity contribution in [1.29, 1.82) is 0 Å². The molecule has 0 aromatic rings. The van der Waals surface area contributed by atoms with Crippen molar-refractivity contribution in [3.05, 3.63) is 0 Å². The minimum atomic E-state index is -3.93. The quantitative estimate of drug-likeness (QED) is 0.391. The van der Waals surface area contributed by atoms with Gasteiger partial charge in [0.05, 0.1) is 6.66 Å². The van der Waals surface area contributed by atoms with Crippen molar-refractivity contribution in [2.75, 3.05) is 6.66 Å². The van der Waals surface area contributed by atoms with Crippen LogP contribution in [0.4, 0.5) is 9.59 Å². The number of carbonyl (C=O) groups excluding carboxylic acids is 2. The van der Waals surface area contributed by atoms with E-state index in [2.05, 4.69) is 9.05 Å². The second-order valence-electron chi connectivity index (χ2n) is 5.33. The second-order valence-corrected chi connectivity index (χ2v) is 7.24. The van der Waals surface area contributed by atoms with Gasteiger partial charge in [0.2, 0.25) is 0 Å². The summed E-state index contributed by atoms with van der Waals surface area (Å²) in [6, 6.07) is 0. The van der Waals surface area contributed by atoms with Gasteiger partial charge in [0.15, 0.2) is 0 Å². The molecule has 2 unspecified atom stereocenters. The average Bonchev–Trinajstić information content (AvgIpc) is 2.44. The highest BCUT2D eigenvalue weighted by atomic mass is 31.2. The Kier molecular flexibility index (Phi) is 10.7. The normalized spacial score (nSPS) is 15.9. The molecule has 0 aliphatic heterocycles. The second kappa shape index (κ2) is 11.3. The van der Waals surface area contributed by atoms with E-state index in [0.717, 1.165) is 19.5 Å². The van der Waals surface area contributed by atoms with E-state index in [9.17, 15) is 14.2 Å². The first-order valence-corrected chi connectivity index (χ1v) is 10.1. The van der Waals surface area contributed by atoms with Gasteiger partial charge in [0.25, 0.3) is 0 Å². The van der Waals surface area contributed by atoms with Gasteiger partial charge < -0.3 is 18.5 Å². The first kappa shape index (κ1) is 21.8. The summed E-state index contributed by atoms with van der Waals surface area (Å²) in [6.45, 7) is 8.68. The Morgan fingerprint density at radius 3 is 1.43 bits per heavy atom. The van der Waals surface area contributed by atoms with E-state index in [-0.39, 0.29) is 12.2 Å². The summed E-state index contributed by atoms with van der Waals surface area (Å²) in [6.07, 6.45) is 1.44. The molecule has 7 nitrogen and oxygen atoms in total. The predicted molar refractivity (Wildman–Crippen MR) is 86.6 cm³/mol. The van der Waals surface area contributed by atoms with Crippen LogP contribution in [0.25, 0.3) is 0 Å². The molecule has 0 fully saturated rings. The van der Waals surface area contributed by atoms with Crippen molar-refractivity contribution in [1.82, 2.24) is 0 Å². The third-order valence-corrected chi connectivity index (χ3v) is 4.10. The number of hydrogen-bond acceptors (Lipinski definition) is 7. The molecule has 0 N–H and O–H groups in total. The Morgan fingerprint density at radius 2 is 1.17 bits per heavy atom. The molecule has 2 atom stereocenters. The maximum Gasteiger partial charge on any atom is 0.515 e. The lowest BCUT2D eigenvalue weighted by Crippen LogP contribution is -2.20. The molecule has 0 aromatic carbocycles. The van der Waals surface area contributed by atoms with Gasteiger partial charge in [0, 0.05) is 0 Å². The molecule has 0 saturated heterocycles. The summed E-state index contributed by atoms with van der Waals surface area (Å²) < 4.78 is 31.4. The van der Waals surface area contributed by atoms with Gasteiger partial charge in [0.1, 0.15) is 12.2 Å². The van der Waals surface area contributed by atoms with Crippen molar-refractivity contribution in [2.24, 2.45) is 0 Å². The topological polar surface area (TPSA) is 88.1 Å². The first-order chi connectivity index (χ1) is 10.8. The van der Waals surface area contributed by atoms with Crippen LogP contribution in [0.5, 0.6) is 0 Å². The molecule has 0 rings (SSSR count). The maximum absolute atomic E-state index is 12.0. The zero-order valence-electron chi connectivity index (χ0n) is 14.7.